The number of hydrogen-bond acceptors (Lipinski definition) is 3. The van der Waals surface area contributed by atoms with Crippen molar-refractivity contribution in [2.24, 2.45) is 0 Å². The van der Waals surface area contributed by atoms with E-state index in [0.717, 1.165) is 18.7 Å². The van der Waals surface area contributed by atoms with Gasteiger partial charge in [-0.3, -0.25) is 4.90 Å². The molecule has 0 aliphatic carbocycles. The van der Waals surface area contributed by atoms with Crippen molar-refractivity contribution >= 4 is 11.6 Å². The van der Waals surface area contributed by atoms with Gasteiger partial charge in [-0.05, 0) is 24.6 Å². The average molecular weight is 288 g/mol. The number of alkyl halides is 1. The van der Waals surface area contributed by atoms with Gasteiger partial charge in [-0.25, -0.2) is 4.39 Å². The molecule has 1 aromatic rings. The molecule has 0 spiro atoms. The molecule has 2 rings (SSSR count). The van der Waals surface area contributed by atoms with Gasteiger partial charge in [0.05, 0.1) is 19.3 Å². The van der Waals surface area contributed by atoms with Crippen LogP contribution in [0.2, 0.25) is 0 Å². The minimum absolute atomic E-state index is 0.0495. The molecule has 1 saturated heterocycles. The average Bonchev–Trinajstić information content (AvgIpc) is 2.38. The number of rotatable bonds is 4. The highest BCUT2D eigenvalue weighted by atomic mass is 35.5. The number of methoxy groups -OCH3 is 1. The van der Waals surface area contributed by atoms with Crippen molar-refractivity contribution in [1.82, 2.24) is 4.90 Å². The normalized spacial score (nSPS) is 24.4. The van der Waals surface area contributed by atoms with Crippen LogP contribution >= 0.6 is 11.6 Å². The minimum Gasteiger partial charge on any atom is -0.494 e. The molecule has 2 atom stereocenters. The minimum atomic E-state index is -0.324. The summed E-state index contributed by atoms with van der Waals surface area (Å²) in [6, 6.07) is 5.07. The molecule has 0 amide bonds. The lowest BCUT2D eigenvalue weighted by Gasteiger charge is -2.36. The fourth-order valence-corrected chi connectivity index (χ4v) is 2.59. The van der Waals surface area contributed by atoms with E-state index in [1.165, 1.54) is 13.2 Å². The van der Waals surface area contributed by atoms with Gasteiger partial charge in [0.1, 0.15) is 0 Å². The second-order valence-corrected chi connectivity index (χ2v) is 5.19. The standard InChI is InChI=1S/C14H19ClFNO2/c1-10-7-17(9-12(6-15)19-10)8-11-3-4-14(18-2)13(16)5-11/h3-5,10,12H,6-9H2,1-2H3. The molecular formula is C14H19ClFNO2. The van der Waals surface area contributed by atoms with Gasteiger partial charge in [0.25, 0.3) is 0 Å². The lowest BCUT2D eigenvalue weighted by Crippen LogP contribution is -2.46. The second kappa shape index (κ2) is 6.55. The van der Waals surface area contributed by atoms with E-state index < -0.39 is 0 Å². The molecule has 3 nitrogen and oxygen atoms in total. The van der Waals surface area contributed by atoms with Crippen molar-refractivity contribution in [1.29, 1.82) is 0 Å². The van der Waals surface area contributed by atoms with E-state index >= 15 is 0 Å². The van der Waals surface area contributed by atoms with Crippen molar-refractivity contribution in [2.45, 2.75) is 25.7 Å². The van der Waals surface area contributed by atoms with Gasteiger partial charge < -0.3 is 9.47 Å². The van der Waals surface area contributed by atoms with Crippen LogP contribution in [-0.4, -0.2) is 43.2 Å². The Morgan fingerprint density at radius 3 is 2.89 bits per heavy atom. The monoisotopic (exact) mass is 287 g/mol. The first kappa shape index (κ1) is 14.6. The van der Waals surface area contributed by atoms with Gasteiger partial charge in [0.15, 0.2) is 11.6 Å². The largest absolute Gasteiger partial charge is 0.494 e. The van der Waals surface area contributed by atoms with E-state index in [2.05, 4.69) is 4.90 Å². The summed E-state index contributed by atoms with van der Waals surface area (Å²) >= 11 is 5.85. The molecular weight excluding hydrogens is 269 g/mol. The second-order valence-electron chi connectivity index (χ2n) is 4.89. The van der Waals surface area contributed by atoms with Gasteiger partial charge in [-0.2, -0.15) is 0 Å². The van der Waals surface area contributed by atoms with Crippen LogP contribution in [-0.2, 0) is 11.3 Å². The van der Waals surface area contributed by atoms with E-state index in [9.17, 15) is 4.39 Å². The highest BCUT2D eigenvalue weighted by molar-refractivity contribution is 6.18. The number of benzene rings is 1. The molecule has 1 aliphatic heterocycles. The Morgan fingerprint density at radius 1 is 1.47 bits per heavy atom. The van der Waals surface area contributed by atoms with Crippen molar-refractivity contribution in [3.8, 4) is 5.75 Å². The zero-order valence-electron chi connectivity index (χ0n) is 11.2. The van der Waals surface area contributed by atoms with Crippen LogP contribution in [0, 0.1) is 5.82 Å². The highest BCUT2D eigenvalue weighted by Gasteiger charge is 2.24. The predicted octanol–water partition coefficient (Wildman–Crippen LogP) is 2.66. The fourth-order valence-electron chi connectivity index (χ4n) is 2.42. The van der Waals surface area contributed by atoms with E-state index in [0.29, 0.717) is 12.4 Å². The molecule has 0 bridgehead atoms. The zero-order chi connectivity index (χ0) is 13.8. The van der Waals surface area contributed by atoms with Crippen molar-refractivity contribution in [3.05, 3.63) is 29.6 Å². The van der Waals surface area contributed by atoms with Gasteiger partial charge in [-0.15, -0.1) is 11.6 Å². The molecule has 0 N–H and O–H groups in total. The van der Waals surface area contributed by atoms with Gasteiger partial charge in [0.2, 0.25) is 0 Å². The van der Waals surface area contributed by atoms with E-state index in [-0.39, 0.29) is 23.8 Å². The molecule has 0 saturated carbocycles. The maximum Gasteiger partial charge on any atom is 0.165 e. The lowest BCUT2D eigenvalue weighted by atomic mass is 10.1. The third-order valence-corrected chi connectivity index (χ3v) is 3.54. The van der Waals surface area contributed by atoms with E-state index in [1.54, 1.807) is 6.07 Å². The van der Waals surface area contributed by atoms with Crippen LogP contribution in [0.3, 0.4) is 0 Å². The summed E-state index contributed by atoms with van der Waals surface area (Å²) in [6.45, 7) is 4.34. The smallest absolute Gasteiger partial charge is 0.165 e. The molecule has 1 aliphatic rings. The Kier molecular flexibility index (Phi) is 5.02. The molecule has 1 aromatic carbocycles. The summed E-state index contributed by atoms with van der Waals surface area (Å²) < 4.78 is 24.2. The number of hydrogen-bond donors (Lipinski definition) is 0. The number of ether oxygens (including phenoxy) is 2. The number of halogens is 2. The molecule has 19 heavy (non-hydrogen) atoms. The van der Waals surface area contributed by atoms with Gasteiger partial charge in [0, 0.05) is 25.5 Å². The summed E-state index contributed by atoms with van der Waals surface area (Å²) in [5, 5.41) is 0. The molecule has 1 heterocycles. The first-order valence-electron chi connectivity index (χ1n) is 6.38. The van der Waals surface area contributed by atoms with Crippen LogP contribution in [0.4, 0.5) is 4.39 Å². The third kappa shape index (κ3) is 3.81. The number of morpholine rings is 1. The Bertz CT molecular complexity index is 430. The van der Waals surface area contributed by atoms with E-state index in [4.69, 9.17) is 21.1 Å². The van der Waals surface area contributed by atoms with Crippen molar-refractivity contribution in [3.63, 3.8) is 0 Å². The zero-order valence-corrected chi connectivity index (χ0v) is 12.0. The highest BCUT2D eigenvalue weighted by Crippen LogP contribution is 2.20. The maximum atomic E-state index is 13.6. The summed E-state index contributed by atoms with van der Waals surface area (Å²) in [5.74, 6) is 0.436. The first-order valence-corrected chi connectivity index (χ1v) is 6.92. The molecule has 106 valence electrons. The van der Waals surface area contributed by atoms with Crippen molar-refractivity contribution in [2.75, 3.05) is 26.1 Å². The predicted molar refractivity (Wildman–Crippen MR) is 73.3 cm³/mol. The fraction of sp³-hybridized carbons (Fsp3) is 0.571. The van der Waals surface area contributed by atoms with Crippen LogP contribution < -0.4 is 4.74 Å². The summed E-state index contributed by atoms with van der Waals surface area (Å²) in [7, 11) is 1.47. The van der Waals surface area contributed by atoms with Crippen LogP contribution in [0.15, 0.2) is 18.2 Å². The third-order valence-electron chi connectivity index (χ3n) is 3.20. The molecule has 2 unspecified atom stereocenters. The van der Waals surface area contributed by atoms with Crippen molar-refractivity contribution < 1.29 is 13.9 Å². The lowest BCUT2D eigenvalue weighted by molar-refractivity contribution is -0.0689. The Balaban J connectivity index is 2.02. The summed E-state index contributed by atoms with van der Waals surface area (Å²) in [6.07, 6.45) is 0.203. The maximum absolute atomic E-state index is 13.6. The molecule has 0 aromatic heterocycles. The van der Waals surface area contributed by atoms with Crippen LogP contribution in [0.25, 0.3) is 0 Å². The van der Waals surface area contributed by atoms with E-state index in [1.807, 2.05) is 13.0 Å². The first-order chi connectivity index (χ1) is 9.12. The topological polar surface area (TPSA) is 21.7 Å². The molecule has 5 heteroatoms. The Morgan fingerprint density at radius 2 is 2.26 bits per heavy atom. The Hall–Kier alpha value is -0.840. The summed E-state index contributed by atoms with van der Waals surface area (Å²) in [5.41, 5.74) is 0.931. The summed E-state index contributed by atoms with van der Waals surface area (Å²) in [4.78, 5) is 2.24. The van der Waals surface area contributed by atoms with Crippen LogP contribution in [0.5, 0.6) is 5.75 Å². The Labute approximate surface area is 118 Å². The van der Waals surface area contributed by atoms with Gasteiger partial charge in [-0.1, -0.05) is 6.07 Å². The SMILES string of the molecule is COc1ccc(CN2CC(C)OC(CCl)C2)cc1F. The molecule has 0 radical (unpaired) electrons. The quantitative estimate of drug-likeness (QED) is 0.795. The van der Waals surface area contributed by atoms with Gasteiger partial charge >= 0.3 is 0 Å². The number of nitrogens with zero attached hydrogens (tertiary/aromatic N) is 1. The van der Waals surface area contributed by atoms with Crippen LogP contribution in [0.1, 0.15) is 12.5 Å². The molecule has 1 fully saturated rings.